The Labute approximate surface area is 105 Å². The van der Waals surface area contributed by atoms with Crippen LogP contribution in [0.3, 0.4) is 0 Å². The molecule has 5 heteroatoms. The highest BCUT2D eigenvalue weighted by Crippen LogP contribution is 2.46. The van der Waals surface area contributed by atoms with E-state index in [-0.39, 0.29) is 10.6 Å². The van der Waals surface area contributed by atoms with Crippen LogP contribution in [0.1, 0.15) is 18.4 Å². The number of aliphatic hydroxyl groups is 1. The molecule has 1 heterocycles. The lowest BCUT2D eigenvalue weighted by Gasteiger charge is -2.48. The molecular formula is C13H16N2O3. The molecule has 1 aliphatic carbocycles. The summed E-state index contributed by atoms with van der Waals surface area (Å²) in [5, 5.41) is 21.2. The topological polar surface area (TPSA) is 66.6 Å². The van der Waals surface area contributed by atoms with E-state index >= 15 is 0 Å². The van der Waals surface area contributed by atoms with Crippen molar-refractivity contribution < 1.29 is 10.0 Å². The van der Waals surface area contributed by atoms with Crippen LogP contribution in [0.4, 0.5) is 11.4 Å². The van der Waals surface area contributed by atoms with Crippen LogP contribution in [-0.2, 0) is 0 Å². The molecule has 5 nitrogen and oxygen atoms in total. The Hall–Kier alpha value is -1.62. The van der Waals surface area contributed by atoms with Crippen LogP contribution in [0.2, 0.25) is 0 Å². The molecule has 1 aromatic carbocycles. The summed E-state index contributed by atoms with van der Waals surface area (Å²) in [6, 6.07) is 5.11. The summed E-state index contributed by atoms with van der Waals surface area (Å²) in [7, 11) is 0. The number of nitro groups is 1. The van der Waals surface area contributed by atoms with Crippen molar-refractivity contribution in [3.63, 3.8) is 0 Å². The van der Waals surface area contributed by atoms with Gasteiger partial charge >= 0.3 is 0 Å². The van der Waals surface area contributed by atoms with E-state index in [0.717, 1.165) is 18.5 Å². The van der Waals surface area contributed by atoms with Gasteiger partial charge in [0.05, 0.1) is 10.5 Å². The van der Waals surface area contributed by atoms with Gasteiger partial charge in [-0.25, -0.2) is 0 Å². The smallest absolute Gasteiger partial charge is 0.274 e. The molecule has 0 aromatic heterocycles. The van der Waals surface area contributed by atoms with E-state index in [1.165, 1.54) is 6.07 Å². The molecule has 1 aliphatic heterocycles. The quantitative estimate of drug-likeness (QED) is 0.655. The van der Waals surface area contributed by atoms with Gasteiger partial charge in [0.2, 0.25) is 0 Å². The maximum atomic E-state index is 10.9. The van der Waals surface area contributed by atoms with Gasteiger partial charge in [0.1, 0.15) is 5.60 Å². The van der Waals surface area contributed by atoms with E-state index in [2.05, 4.69) is 0 Å². The average Bonchev–Trinajstić information content (AvgIpc) is 3.09. The molecule has 1 saturated heterocycles. The maximum Gasteiger partial charge on any atom is 0.274 e. The highest BCUT2D eigenvalue weighted by Gasteiger charge is 2.52. The first-order valence-corrected chi connectivity index (χ1v) is 6.22. The van der Waals surface area contributed by atoms with Gasteiger partial charge in [-0.2, -0.15) is 0 Å². The largest absolute Gasteiger partial charge is 0.386 e. The first kappa shape index (κ1) is 11.5. The van der Waals surface area contributed by atoms with Crippen LogP contribution < -0.4 is 4.90 Å². The van der Waals surface area contributed by atoms with E-state index < -0.39 is 5.60 Å². The van der Waals surface area contributed by atoms with Crippen molar-refractivity contribution in [2.24, 2.45) is 5.92 Å². The molecule has 0 bridgehead atoms. The second-order valence-corrected chi connectivity index (χ2v) is 5.41. The molecule has 0 spiro atoms. The van der Waals surface area contributed by atoms with Crippen LogP contribution in [0, 0.1) is 23.0 Å². The van der Waals surface area contributed by atoms with Gasteiger partial charge in [-0.05, 0) is 31.7 Å². The minimum absolute atomic E-state index is 0.148. The molecule has 0 unspecified atom stereocenters. The summed E-state index contributed by atoms with van der Waals surface area (Å²) in [4.78, 5) is 12.6. The summed E-state index contributed by atoms with van der Waals surface area (Å²) in [6.45, 7) is 2.96. The first-order valence-electron chi connectivity index (χ1n) is 6.22. The summed E-state index contributed by atoms with van der Waals surface area (Å²) in [5.74, 6) is 0.438. The molecule has 0 atom stereocenters. The molecule has 0 amide bonds. The lowest BCUT2D eigenvalue weighted by molar-refractivity contribution is -0.385. The molecule has 0 radical (unpaired) electrons. The number of rotatable bonds is 3. The van der Waals surface area contributed by atoms with Crippen molar-refractivity contribution in [1.29, 1.82) is 0 Å². The van der Waals surface area contributed by atoms with Gasteiger partial charge in [0, 0.05) is 24.8 Å². The predicted molar refractivity (Wildman–Crippen MR) is 67.7 cm³/mol. The fourth-order valence-electron chi connectivity index (χ4n) is 2.82. The summed E-state index contributed by atoms with van der Waals surface area (Å²) >= 11 is 0. The highest BCUT2D eigenvalue weighted by molar-refractivity contribution is 5.63. The van der Waals surface area contributed by atoms with E-state index in [1.807, 2.05) is 11.0 Å². The Morgan fingerprint density at radius 3 is 2.67 bits per heavy atom. The fraction of sp³-hybridized carbons (Fsp3) is 0.538. The van der Waals surface area contributed by atoms with E-state index in [9.17, 15) is 15.2 Å². The van der Waals surface area contributed by atoms with Crippen molar-refractivity contribution in [2.75, 3.05) is 18.0 Å². The standard InChI is InChI=1S/C13H16N2O3/c1-9-11(3-2-4-12(9)15(17)18)14-7-13(16,8-14)10-5-6-10/h2-4,10,16H,5-8H2,1H3. The third-order valence-electron chi connectivity index (χ3n) is 4.08. The Morgan fingerprint density at radius 1 is 1.44 bits per heavy atom. The van der Waals surface area contributed by atoms with Gasteiger partial charge in [0.15, 0.2) is 0 Å². The molecule has 1 aromatic rings. The number of β-amino-alcohol motifs (C(OH)–C–C–N with tert-alkyl or cyclic N) is 1. The van der Waals surface area contributed by atoms with Crippen LogP contribution in [0.15, 0.2) is 18.2 Å². The first-order chi connectivity index (χ1) is 8.51. The van der Waals surface area contributed by atoms with Crippen LogP contribution in [0.25, 0.3) is 0 Å². The van der Waals surface area contributed by atoms with Gasteiger partial charge < -0.3 is 10.0 Å². The SMILES string of the molecule is Cc1c(N2CC(O)(C3CC3)C2)cccc1[N+](=O)[O-]. The van der Waals surface area contributed by atoms with Crippen molar-refractivity contribution in [1.82, 2.24) is 0 Å². The van der Waals surface area contributed by atoms with Gasteiger partial charge in [-0.15, -0.1) is 0 Å². The second kappa shape index (κ2) is 3.68. The zero-order chi connectivity index (χ0) is 12.9. The van der Waals surface area contributed by atoms with Crippen LogP contribution in [0.5, 0.6) is 0 Å². The fourth-order valence-corrected chi connectivity index (χ4v) is 2.82. The van der Waals surface area contributed by atoms with Crippen molar-refractivity contribution in [3.8, 4) is 0 Å². The lowest BCUT2D eigenvalue weighted by Crippen LogP contribution is -2.63. The second-order valence-electron chi connectivity index (χ2n) is 5.41. The van der Waals surface area contributed by atoms with E-state index in [1.54, 1.807) is 13.0 Å². The molecular weight excluding hydrogens is 232 g/mol. The number of benzene rings is 1. The molecule has 2 fully saturated rings. The van der Waals surface area contributed by atoms with Crippen molar-refractivity contribution >= 4 is 11.4 Å². The third kappa shape index (κ3) is 1.66. The lowest BCUT2D eigenvalue weighted by atomic mass is 9.87. The Morgan fingerprint density at radius 2 is 2.11 bits per heavy atom. The zero-order valence-corrected chi connectivity index (χ0v) is 10.3. The predicted octanol–water partition coefficient (Wildman–Crippen LogP) is 1.86. The van der Waals surface area contributed by atoms with Gasteiger partial charge in [-0.1, -0.05) is 6.07 Å². The molecule has 1 saturated carbocycles. The minimum Gasteiger partial charge on any atom is -0.386 e. The van der Waals surface area contributed by atoms with Gasteiger partial charge in [0.25, 0.3) is 5.69 Å². The summed E-state index contributed by atoms with van der Waals surface area (Å²) in [5.41, 5.74) is 1.14. The number of nitro benzene ring substituents is 1. The molecule has 18 heavy (non-hydrogen) atoms. The summed E-state index contributed by atoms with van der Waals surface area (Å²) < 4.78 is 0. The Bertz CT molecular complexity index is 505. The number of hydrogen-bond donors (Lipinski definition) is 1. The Kier molecular flexibility index (Phi) is 2.35. The molecule has 96 valence electrons. The zero-order valence-electron chi connectivity index (χ0n) is 10.3. The summed E-state index contributed by atoms with van der Waals surface area (Å²) in [6.07, 6.45) is 2.22. The number of hydrogen-bond acceptors (Lipinski definition) is 4. The average molecular weight is 248 g/mol. The van der Waals surface area contributed by atoms with Crippen LogP contribution in [-0.4, -0.2) is 28.7 Å². The highest BCUT2D eigenvalue weighted by atomic mass is 16.6. The van der Waals surface area contributed by atoms with Crippen LogP contribution >= 0.6 is 0 Å². The Balaban J connectivity index is 1.82. The number of nitrogens with zero attached hydrogens (tertiary/aromatic N) is 2. The van der Waals surface area contributed by atoms with Gasteiger partial charge in [-0.3, -0.25) is 10.1 Å². The minimum atomic E-state index is -0.558. The molecule has 1 N–H and O–H groups in total. The third-order valence-corrected chi connectivity index (χ3v) is 4.08. The molecule has 3 rings (SSSR count). The van der Waals surface area contributed by atoms with Crippen molar-refractivity contribution in [2.45, 2.75) is 25.4 Å². The molecule has 2 aliphatic rings. The van der Waals surface area contributed by atoms with E-state index in [0.29, 0.717) is 24.6 Å². The van der Waals surface area contributed by atoms with E-state index in [4.69, 9.17) is 0 Å². The number of anilines is 1. The van der Waals surface area contributed by atoms with Crippen molar-refractivity contribution in [3.05, 3.63) is 33.9 Å². The monoisotopic (exact) mass is 248 g/mol. The normalized spacial score (nSPS) is 21.6. The maximum absolute atomic E-state index is 10.9.